The quantitative estimate of drug-likeness (QED) is 0.377. The summed E-state index contributed by atoms with van der Waals surface area (Å²) < 4.78 is 1.91. The summed E-state index contributed by atoms with van der Waals surface area (Å²) in [6.07, 6.45) is 0.948. The number of hydrogen-bond acceptors (Lipinski definition) is 5. The molecule has 4 N–H and O–H groups in total. The maximum atomic E-state index is 11.2. The van der Waals surface area contributed by atoms with Gasteiger partial charge in [-0.2, -0.15) is 0 Å². The molecule has 0 aromatic carbocycles. The highest BCUT2D eigenvalue weighted by atomic mass is 35.5. The molecule has 0 saturated carbocycles. The molecule has 80 valence electrons. The van der Waals surface area contributed by atoms with Gasteiger partial charge < -0.3 is 10.1 Å². The monoisotopic (exact) mass is 247 g/mol. The Bertz CT molecular complexity index is 485. The lowest BCUT2D eigenvalue weighted by atomic mass is 10.2. The van der Waals surface area contributed by atoms with E-state index in [0.29, 0.717) is 0 Å². The molecule has 0 bridgehead atoms. The van der Waals surface area contributed by atoms with Crippen LogP contribution in [-0.2, 0) is 4.79 Å². The molecule has 0 aliphatic carbocycles. The molecule has 0 spiro atoms. The molecule has 0 radical (unpaired) electrons. The maximum Gasteiger partial charge on any atom is 0.281 e. The van der Waals surface area contributed by atoms with Crippen LogP contribution in [0.2, 0.25) is 5.02 Å². The van der Waals surface area contributed by atoms with E-state index in [0.717, 1.165) is 6.20 Å². The van der Waals surface area contributed by atoms with E-state index in [2.05, 4.69) is 17.8 Å². The van der Waals surface area contributed by atoms with Crippen molar-refractivity contribution in [3.05, 3.63) is 27.1 Å². The number of thiol groups is 1. The van der Waals surface area contributed by atoms with E-state index in [1.807, 2.05) is 4.72 Å². The Labute approximate surface area is 94.3 Å². The van der Waals surface area contributed by atoms with Crippen molar-refractivity contribution in [1.29, 1.82) is 5.41 Å². The average molecular weight is 248 g/mol. The molecule has 6 nitrogen and oxygen atoms in total. The molecule has 1 rings (SSSR count). The molecule has 1 amide bonds. The zero-order valence-corrected chi connectivity index (χ0v) is 8.82. The number of halogens is 1. The van der Waals surface area contributed by atoms with Crippen molar-refractivity contribution >= 4 is 36.0 Å². The molecule has 0 aliphatic rings. The number of aromatic amines is 1. The molecule has 0 unspecified atom stereocenters. The average Bonchev–Trinajstić information content (AvgIpc) is 2.24. The van der Waals surface area contributed by atoms with Crippen molar-refractivity contribution in [3.8, 4) is 5.75 Å². The molecule has 0 saturated heterocycles. The van der Waals surface area contributed by atoms with Gasteiger partial charge in [0.15, 0.2) is 5.75 Å². The van der Waals surface area contributed by atoms with Crippen LogP contribution in [-0.4, -0.2) is 21.7 Å². The standard InChI is InChI=1S/C7H6ClN3O3S/c8-3-5(4(9)7(14)11-15)10-1-2(12)6(3)13/h1,9,12,15H,(H,10,13)(H,11,14). The van der Waals surface area contributed by atoms with E-state index < -0.39 is 27.8 Å². The van der Waals surface area contributed by atoms with Crippen LogP contribution in [0.4, 0.5) is 0 Å². The molecular weight excluding hydrogens is 242 g/mol. The number of aromatic hydroxyl groups is 1. The molecule has 0 fully saturated rings. The topological polar surface area (TPSA) is 106 Å². The van der Waals surface area contributed by atoms with Gasteiger partial charge in [-0.15, -0.1) is 0 Å². The van der Waals surface area contributed by atoms with Crippen LogP contribution in [0.3, 0.4) is 0 Å². The third kappa shape index (κ3) is 2.13. The van der Waals surface area contributed by atoms with Gasteiger partial charge in [-0.3, -0.25) is 19.7 Å². The smallest absolute Gasteiger partial charge is 0.281 e. The summed E-state index contributed by atoms with van der Waals surface area (Å²) in [6.45, 7) is 0. The van der Waals surface area contributed by atoms with E-state index in [-0.39, 0.29) is 5.69 Å². The Hall–Kier alpha value is -1.47. The number of nitrogens with one attached hydrogen (secondary N) is 3. The second-order valence-electron chi connectivity index (χ2n) is 2.51. The minimum atomic E-state index is -0.845. The van der Waals surface area contributed by atoms with E-state index in [1.165, 1.54) is 0 Å². The minimum absolute atomic E-state index is 0.175. The largest absolute Gasteiger partial charge is 0.503 e. The fourth-order valence-electron chi connectivity index (χ4n) is 0.847. The van der Waals surface area contributed by atoms with Crippen LogP contribution in [0.5, 0.6) is 5.75 Å². The minimum Gasteiger partial charge on any atom is -0.503 e. The van der Waals surface area contributed by atoms with Crippen LogP contribution >= 0.6 is 24.4 Å². The second-order valence-corrected chi connectivity index (χ2v) is 3.11. The third-order valence-electron chi connectivity index (χ3n) is 1.58. The van der Waals surface area contributed by atoms with Gasteiger partial charge >= 0.3 is 0 Å². The molecule has 0 aliphatic heterocycles. The van der Waals surface area contributed by atoms with Gasteiger partial charge in [-0.25, -0.2) is 0 Å². The fourth-order valence-corrected chi connectivity index (χ4v) is 1.20. The number of hydrogen-bond donors (Lipinski definition) is 5. The van der Waals surface area contributed by atoms with Crippen molar-refractivity contribution in [3.63, 3.8) is 0 Å². The Morgan fingerprint density at radius 1 is 1.67 bits per heavy atom. The highest BCUT2D eigenvalue weighted by Crippen LogP contribution is 2.12. The number of aromatic nitrogens is 1. The van der Waals surface area contributed by atoms with Crippen molar-refractivity contribution in [2.45, 2.75) is 0 Å². The first-order valence-corrected chi connectivity index (χ1v) is 4.45. The molecule has 0 atom stereocenters. The van der Waals surface area contributed by atoms with E-state index >= 15 is 0 Å². The van der Waals surface area contributed by atoms with Crippen LogP contribution in [0.25, 0.3) is 0 Å². The first-order chi connectivity index (χ1) is 6.99. The summed E-state index contributed by atoms with van der Waals surface area (Å²) in [6, 6.07) is 0. The summed E-state index contributed by atoms with van der Waals surface area (Å²) in [5.41, 5.74) is -1.57. The lowest BCUT2D eigenvalue weighted by molar-refractivity contribution is -0.113. The van der Waals surface area contributed by atoms with Crippen LogP contribution in [0, 0.1) is 5.41 Å². The molecule has 1 aromatic heterocycles. The van der Waals surface area contributed by atoms with Gasteiger partial charge in [0.2, 0.25) is 5.43 Å². The first kappa shape index (κ1) is 11.6. The Morgan fingerprint density at radius 2 is 2.27 bits per heavy atom. The van der Waals surface area contributed by atoms with E-state index in [9.17, 15) is 9.59 Å². The highest BCUT2D eigenvalue weighted by molar-refractivity contribution is 7.78. The van der Waals surface area contributed by atoms with E-state index in [1.54, 1.807) is 0 Å². The first-order valence-electron chi connectivity index (χ1n) is 3.62. The Kier molecular flexibility index (Phi) is 3.38. The Balaban J connectivity index is 3.29. The number of carbonyl (C=O) groups excluding carboxylic acids is 1. The maximum absolute atomic E-state index is 11.2. The third-order valence-corrected chi connectivity index (χ3v) is 2.15. The summed E-state index contributed by atoms with van der Waals surface area (Å²) >= 11 is 9.01. The van der Waals surface area contributed by atoms with Crippen molar-refractivity contribution < 1.29 is 9.90 Å². The molecule has 15 heavy (non-hydrogen) atoms. The van der Waals surface area contributed by atoms with Crippen LogP contribution in [0.1, 0.15) is 5.69 Å². The normalized spacial score (nSPS) is 9.73. The molecule has 1 heterocycles. The fraction of sp³-hybridized carbons (Fsp3) is 0. The zero-order valence-electron chi connectivity index (χ0n) is 7.17. The number of amides is 1. The summed E-state index contributed by atoms with van der Waals surface area (Å²) in [7, 11) is 0. The van der Waals surface area contributed by atoms with Crippen molar-refractivity contribution in [2.24, 2.45) is 0 Å². The van der Waals surface area contributed by atoms with Crippen molar-refractivity contribution in [1.82, 2.24) is 9.71 Å². The lowest BCUT2D eigenvalue weighted by Gasteiger charge is -2.04. The van der Waals surface area contributed by atoms with Crippen molar-refractivity contribution in [2.75, 3.05) is 0 Å². The van der Waals surface area contributed by atoms with E-state index in [4.69, 9.17) is 22.1 Å². The van der Waals surface area contributed by atoms with Gasteiger partial charge in [-0.1, -0.05) is 24.4 Å². The number of carbonyl (C=O) groups is 1. The molecular formula is C7H6ClN3O3S. The predicted molar refractivity (Wildman–Crippen MR) is 57.7 cm³/mol. The summed E-state index contributed by atoms with van der Waals surface area (Å²) in [5, 5.41) is 15.9. The molecule has 1 aromatic rings. The van der Waals surface area contributed by atoms with Gasteiger partial charge in [0, 0.05) is 6.20 Å². The van der Waals surface area contributed by atoms with Gasteiger partial charge in [0.25, 0.3) is 5.91 Å². The number of H-pyrrole nitrogens is 1. The predicted octanol–water partition coefficient (Wildman–Crippen LogP) is 0.0628. The Morgan fingerprint density at radius 3 is 2.80 bits per heavy atom. The highest BCUT2D eigenvalue weighted by Gasteiger charge is 2.17. The number of rotatable bonds is 2. The SMILES string of the molecule is N=C(C(=O)NS)c1[nH]cc(O)c(=O)c1Cl. The number of pyridine rings is 1. The van der Waals surface area contributed by atoms with Crippen LogP contribution < -0.4 is 10.2 Å². The second kappa shape index (κ2) is 4.37. The summed E-state index contributed by atoms with van der Waals surface area (Å²) in [5.74, 6) is -1.40. The zero-order chi connectivity index (χ0) is 11.6. The van der Waals surface area contributed by atoms with Gasteiger partial charge in [-0.05, 0) is 0 Å². The molecule has 8 heteroatoms. The lowest BCUT2D eigenvalue weighted by Crippen LogP contribution is -2.26. The summed E-state index contributed by atoms with van der Waals surface area (Å²) in [4.78, 5) is 24.5. The van der Waals surface area contributed by atoms with Gasteiger partial charge in [0.1, 0.15) is 10.7 Å². The van der Waals surface area contributed by atoms with Gasteiger partial charge in [0.05, 0.1) is 5.69 Å². The van der Waals surface area contributed by atoms with Crippen LogP contribution in [0.15, 0.2) is 11.0 Å².